The monoisotopic (exact) mass is 252 g/mol. The third-order valence-electron chi connectivity index (χ3n) is 4.75. The van der Waals surface area contributed by atoms with Gasteiger partial charge in [-0.05, 0) is 37.5 Å². The lowest BCUT2D eigenvalue weighted by Crippen LogP contribution is -2.46. The summed E-state index contributed by atoms with van der Waals surface area (Å²) in [5.41, 5.74) is 6.09. The molecule has 2 saturated carbocycles. The number of nitrogens with two attached hydrogens (primary N) is 1. The van der Waals surface area contributed by atoms with Crippen LogP contribution in [0.2, 0.25) is 0 Å². The Labute approximate surface area is 111 Å². The Balaban J connectivity index is 1.68. The average Bonchev–Trinajstić information content (AvgIpc) is 2.73. The second-order valence-corrected chi connectivity index (χ2v) is 6.69. The smallest absolute Gasteiger partial charge is 0.221 e. The van der Waals surface area contributed by atoms with Crippen molar-refractivity contribution in [3.8, 4) is 0 Å². The van der Waals surface area contributed by atoms with Crippen molar-refractivity contribution in [2.75, 3.05) is 6.54 Å². The van der Waals surface area contributed by atoms with Crippen LogP contribution in [0.1, 0.15) is 64.7 Å². The summed E-state index contributed by atoms with van der Waals surface area (Å²) in [6.45, 7) is 3.16. The molecule has 2 fully saturated rings. The molecule has 0 bridgehead atoms. The van der Waals surface area contributed by atoms with E-state index in [9.17, 15) is 4.79 Å². The van der Waals surface area contributed by atoms with Gasteiger partial charge in [-0.15, -0.1) is 0 Å². The van der Waals surface area contributed by atoms with Crippen molar-refractivity contribution >= 4 is 5.91 Å². The Hall–Kier alpha value is -0.570. The van der Waals surface area contributed by atoms with Gasteiger partial charge in [-0.25, -0.2) is 0 Å². The minimum Gasteiger partial charge on any atom is -0.356 e. The number of nitrogens with one attached hydrogen (secondary N) is 1. The summed E-state index contributed by atoms with van der Waals surface area (Å²) in [5, 5.41) is 3.10. The molecule has 2 aliphatic carbocycles. The zero-order chi connectivity index (χ0) is 13.0. The zero-order valence-electron chi connectivity index (χ0n) is 11.7. The Morgan fingerprint density at radius 1 is 1.28 bits per heavy atom. The van der Waals surface area contributed by atoms with Gasteiger partial charge in [-0.2, -0.15) is 0 Å². The van der Waals surface area contributed by atoms with Crippen LogP contribution in [0.3, 0.4) is 0 Å². The Kier molecular flexibility index (Phi) is 4.66. The highest BCUT2D eigenvalue weighted by Crippen LogP contribution is 2.30. The molecule has 0 saturated heterocycles. The molecule has 0 aromatic carbocycles. The summed E-state index contributed by atoms with van der Waals surface area (Å²) in [5.74, 6) is 1.70. The second kappa shape index (κ2) is 6.05. The van der Waals surface area contributed by atoms with Crippen LogP contribution < -0.4 is 11.1 Å². The van der Waals surface area contributed by atoms with E-state index in [2.05, 4.69) is 12.2 Å². The van der Waals surface area contributed by atoms with Crippen LogP contribution in [0.25, 0.3) is 0 Å². The van der Waals surface area contributed by atoms with Gasteiger partial charge in [0.15, 0.2) is 0 Å². The van der Waals surface area contributed by atoms with Gasteiger partial charge in [-0.1, -0.05) is 32.6 Å². The molecule has 0 aromatic rings. The summed E-state index contributed by atoms with van der Waals surface area (Å²) in [7, 11) is 0. The van der Waals surface area contributed by atoms with Gasteiger partial charge < -0.3 is 11.1 Å². The molecule has 3 nitrogen and oxygen atoms in total. The first kappa shape index (κ1) is 13.9. The molecule has 2 aliphatic rings. The lowest BCUT2D eigenvalue weighted by Gasteiger charge is -2.32. The van der Waals surface area contributed by atoms with Crippen molar-refractivity contribution in [2.24, 2.45) is 17.6 Å². The van der Waals surface area contributed by atoms with Gasteiger partial charge >= 0.3 is 0 Å². The van der Waals surface area contributed by atoms with Crippen LogP contribution in [0.5, 0.6) is 0 Å². The van der Waals surface area contributed by atoms with Gasteiger partial charge in [-0.3, -0.25) is 4.79 Å². The highest BCUT2D eigenvalue weighted by molar-refractivity contribution is 5.77. The van der Waals surface area contributed by atoms with Gasteiger partial charge in [0.05, 0.1) is 0 Å². The van der Waals surface area contributed by atoms with Crippen molar-refractivity contribution in [3.63, 3.8) is 0 Å². The first-order valence-electron chi connectivity index (χ1n) is 7.63. The Morgan fingerprint density at radius 3 is 2.61 bits per heavy atom. The van der Waals surface area contributed by atoms with E-state index in [1.165, 1.54) is 38.5 Å². The number of hydrogen-bond donors (Lipinski definition) is 2. The SMILES string of the molecule is CC1CCC(CNC(=O)CC2(N)CCCCC2)C1. The van der Waals surface area contributed by atoms with Crippen LogP contribution in [-0.2, 0) is 4.79 Å². The summed E-state index contributed by atoms with van der Waals surface area (Å²) in [4.78, 5) is 12.0. The fourth-order valence-electron chi connectivity index (χ4n) is 3.58. The van der Waals surface area contributed by atoms with Gasteiger partial charge in [0.1, 0.15) is 0 Å². The van der Waals surface area contributed by atoms with E-state index < -0.39 is 0 Å². The molecule has 3 N–H and O–H groups in total. The van der Waals surface area contributed by atoms with Crippen molar-refractivity contribution in [2.45, 2.75) is 70.3 Å². The topological polar surface area (TPSA) is 55.1 Å². The molecule has 2 rings (SSSR count). The van der Waals surface area contributed by atoms with E-state index in [4.69, 9.17) is 5.73 Å². The number of hydrogen-bond acceptors (Lipinski definition) is 2. The highest BCUT2D eigenvalue weighted by atomic mass is 16.1. The second-order valence-electron chi connectivity index (χ2n) is 6.69. The first-order valence-corrected chi connectivity index (χ1v) is 7.63. The number of carbonyl (C=O) groups excluding carboxylic acids is 1. The van der Waals surface area contributed by atoms with Crippen molar-refractivity contribution in [1.82, 2.24) is 5.32 Å². The molecule has 2 unspecified atom stereocenters. The molecule has 0 aliphatic heterocycles. The summed E-state index contributed by atoms with van der Waals surface area (Å²) in [6, 6.07) is 0. The van der Waals surface area contributed by atoms with Crippen LogP contribution in [-0.4, -0.2) is 18.0 Å². The lowest BCUT2D eigenvalue weighted by atomic mass is 9.80. The number of rotatable bonds is 4. The van der Waals surface area contributed by atoms with E-state index in [1.54, 1.807) is 0 Å². The maximum atomic E-state index is 12.0. The third-order valence-corrected chi connectivity index (χ3v) is 4.75. The maximum absolute atomic E-state index is 12.0. The maximum Gasteiger partial charge on any atom is 0.221 e. The Bertz CT molecular complexity index is 284. The minimum atomic E-state index is -0.217. The molecule has 0 spiro atoms. The molecule has 3 heteroatoms. The molecule has 0 aromatic heterocycles. The highest BCUT2D eigenvalue weighted by Gasteiger charge is 2.30. The van der Waals surface area contributed by atoms with Gasteiger partial charge in [0.25, 0.3) is 0 Å². The summed E-state index contributed by atoms with van der Waals surface area (Å²) >= 11 is 0. The fourth-order valence-corrected chi connectivity index (χ4v) is 3.58. The van der Waals surface area contributed by atoms with E-state index in [1.807, 2.05) is 0 Å². The Morgan fingerprint density at radius 2 is 2.00 bits per heavy atom. The predicted octanol–water partition coefficient (Wildman–Crippen LogP) is 2.59. The largest absolute Gasteiger partial charge is 0.356 e. The van der Waals surface area contributed by atoms with Crippen LogP contribution in [0.15, 0.2) is 0 Å². The van der Waals surface area contributed by atoms with E-state index in [-0.39, 0.29) is 11.4 Å². The average molecular weight is 252 g/mol. The summed E-state index contributed by atoms with van der Waals surface area (Å²) < 4.78 is 0. The molecule has 0 radical (unpaired) electrons. The quantitative estimate of drug-likeness (QED) is 0.808. The van der Waals surface area contributed by atoms with E-state index in [0.29, 0.717) is 12.3 Å². The van der Waals surface area contributed by atoms with Crippen molar-refractivity contribution in [1.29, 1.82) is 0 Å². The van der Waals surface area contributed by atoms with Gasteiger partial charge in [0.2, 0.25) is 5.91 Å². The number of amides is 1. The van der Waals surface area contributed by atoms with Crippen molar-refractivity contribution < 1.29 is 4.79 Å². The number of carbonyl (C=O) groups is 1. The summed E-state index contributed by atoms with van der Waals surface area (Å²) in [6.07, 6.45) is 10.1. The predicted molar refractivity (Wildman–Crippen MR) is 74.1 cm³/mol. The molecule has 18 heavy (non-hydrogen) atoms. The fraction of sp³-hybridized carbons (Fsp3) is 0.933. The zero-order valence-corrected chi connectivity index (χ0v) is 11.7. The van der Waals surface area contributed by atoms with Crippen LogP contribution in [0, 0.1) is 11.8 Å². The standard InChI is InChI=1S/C15H28N2O/c1-12-5-6-13(9-12)11-17-14(18)10-15(16)7-3-2-4-8-15/h12-13H,2-11,16H2,1H3,(H,17,18). The molecule has 0 heterocycles. The van der Waals surface area contributed by atoms with E-state index >= 15 is 0 Å². The van der Waals surface area contributed by atoms with Gasteiger partial charge in [0, 0.05) is 18.5 Å². The van der Waals surface area contributed by atoms with E-state index in [0.717, 1.165) is 25.3 Å². The lowest BCUT2D eigenvalue weighted by molar-refractivity contribution is -0.122. The van der Waals surface area contributed by atoms with Crippen LogP contribution >= 0.6 is 0 Å². The molecule has 1 amide bonds. The normalized spacial score (nSPS) is 31.2. The molecular weight excluding hydrogens is 224 g/mol. The molecule has 2 atom stereocenters. The van der Waals surface area contributed by atoms with Crippen LogP contribution in [0.4, 0.5) is 0 Å². The van der Waals surface area contributed by atoms with Crippen molar-refractivity contribution in [3.05, 3.63) is 0 Å². The first-order chi connectivity index (χ1) is 8.57. The molecule has 104 valence electrons. The third kappa shape index (κ3) is 3.98. The minimum absolute atomic E-state index is 0.166. The molecular formula is C15H28N2O.